The van der Waals surface area contributed by atoms with Gasteiger partial charge in [-0.05, 0) is 24.3 Å². The normalized spacial score (nSPS) is 12.2. The Morgan fingerprint density at radius 1 is 1.26 bits per heavy atom. The largest absolute Gasteiger partial charge is 0.447 e. The molecule has 0 bridgehead atoms. The fraction of sp³-hybridized carbons (Fsp3) is 0.333. The van der Waals surface area contributed by atoms with Crippen molar-refractivity contribution >= 4 is 33.0 Å². The highest BCUT2D eigenvalue weighted by atomic mass is 35.5. The summed E-state index contributed by atoms with van der Waals surface area (Å²) in [6, 6.07) is 7.02. The lowest BCUT2D eigenvalue weighted by Crippen LogP contribution is -2.22. The zero-order valence-electron chi connectivity index (χ0n) is 13.0. The first-order valence-corrected chi connectivity index (χ1v) is 9.55. The van der Waals surface area contributed by atoms with E-state index in [0.29, 0.717) is 25.4 Å². The van der Waals surface area contributed by atoms with Crippen molar-refractivity contribution in [2.75, 3.05) is 20.6 Å². The lowest BCUT2D eigenvalue weighted by molar-refractivity contribution is 0.252. The van der Waals surface area contributed by atoms with E-state index in [0.717, 1.165) is 13.5 Å². The van der Waals surface area contributed by atoms with E-state index in [4.69, 9.17) is 16.0 Å². The molecular formula is C15H19ClN2O3S2. The smallest absolute Gasteiger partial charge is 0.275 e. The minimum absolute atomic E-state index is 0.0461. The Labute approximate surface area is 145 Å². The molecule has 2 aromatic heterocycles. The Morgan fingerprint density at radius 2 is 2.00 bits per heavy atom. The van der Waals surface area contributed by atoms with Gasteiger partial charge in [0, 0.05) is 32.1 Å². The number of rotatable bonds is 8. The number of thiophene rings is 1. The fourth-order valence-corrected chi connectivity index (χ4v) is 3.95. The van der Waals surface area contributed by atoms with Crippen LogP contribution in [0.1, 0.15) is 10.6 Å². The van der Waals surface area contributed by atoms with E-state index in [1.165, 1.54) is 31.5 Å². The Hall–Kier alpha value is -1.12. The summed E-state index contributed by atoms with van der Waals surface area (Å²) >= 11 is 7.48. The number of hydrogen-bond acceptors (Lipinski definition) is 5. The Kier molecular flexibility index (Phi) is 6.05. The zero-order valence-corrected chi connectivity index (χ0v) is 15.4. The summed E-state index contributed by atoms with van der Waals surface area (Å²) in [6.07, 6.45) is 1.80. The SMILES string of the molecule is C=CCN(Cc1ccc(S(=O)(=O)N(C)C)o1)Cc1ccc(Cl)s1. The van der Waals surface area contributed by atoms with E-state index in [1.54, 1.807) is 12.1 Å². The molecule has 0 unspecified atom stereocenters. The molecule has 23 heavy (non-hydrogen) atoms. The average Bonchev–Trinajstić information content (AvgIpc) is 3.08. The van der Waals surface area contributed by atoms with Gasteiger partial charge in [0.15, 0.2) is 0 Å². The van der Waals surface area contributed by atoms with Gasteiger partial charge in [0.2, 0.25) is 5.09 Å². The quantitative estimate of drug-likeness (QED) is 0.664. The first-order chi connectivity index (χ1) is 10.8. The van der Waals surface area contributed by atoms with Crippen LogP contribution in [-0.2, 0) is 23.1 Å². The van der Waals surface area contributed by atoms with Gasteiger partial charge in [-0.25, -0.2) is 12.7 Å². The van der Waals surface area contributed by atoms with E-state index >= 15 is 0 Å². The molecule has 0 aliphatic heterocycles. The van der Waals surface area contributed by atoms with E-state index in [2.05, 4.69) is 11.5 Å². The van der Waals surface area contributed by atoms with Gasteiger partial charge in [-0.3, -0.25) is 4.90 Å². The monoisotopic (exact) mass is 374 g/mol. The fourth-order valence-electron chi connectivity index (χ4n) is 2.01. The summed E-state index contributed by atoms with van der Waals surface area (Å²) in [6.45, 7) is 5.60. The molecule has 0 amide bonds. The van der Waals surface area contributed by atoms with Crippen LogP contribution >= 0.6 is 22.9 Å². The van der Waals surface area contributed by atoms with Crippen molar-refractivity contribution < 1.29 is 12.8 Å². The maximum absolute atomic E-state index is 12.0. The summed E-state index contributed by atoms with van der Waals surface area (Å²) in [4.78, 5) is 3.23. The number of sulfonamides is 1. The second-order valence-corrected chi connectivity index (χ2v) is 9.05. The van der Waals surface area contributed by atoms with Crippen molar-refractivity contribution in [1.82, 2.24) is 9.21 Å². The van der Waals surface area contributed by atoms with Gasteiger partial charge in [0.25, 0.3) is 10.0 Å². The third-order valence-electron chi connectivity index (χ3n) is 3.15. The molecule has 2 rings (SSSR count). The highest BCUT2D eigenvalue weighted by Crippen LogP contribution is 2.24. The van der Waals surface area contributed by atoms with Crippen LogP contribution < -0.4 is 0 Å². The molecule has 0 aliphatic rings. The molecule has 0 saturated carbocycles. The summed E-state index contributed by atoms with van der Waals surface area (Å²) in [5.41, 5.74) is 0. The topological polar surface area (TPSA) is 53.8 Å². The molecule has 8 heteroatoms. The lowest BCUT2D eigenvalue weighted by atomic mass is 10.3. The molecule has 2 heterocycles. The minimum atomic E-state index is -3.55. The molecule has 0 N–H and O–H groups in total. The van der Waals surface area contributed by atoms with Crippen molar-refractivity contribution in [2.24, 2.45) is 0 Å². The number of nitrogens with zero attached hydrogens (tertiary/aromatic N) is 2. The first kappa shape index (κ1) is 18.2. The highest BCUT2D eigenvalue weighted by molar-refractivity contribution is 7.88. The third-order valence-corrected chi connectivity index (χ3v) is 6.05. The molecule has 0 aliphatic carbocycles. The highest BCUT2D eigenvalue weighted by Gasteiger charge is 2.22. The minimum Gasteiger partial charge on any atom is -0.447 e. The number of hydrogen-bond donors (Lipinski definition) is 0. The number of furan rings is 1. The van der Waals surface area contributed by atoms with Crippen LogP contribution in [0.4, 0.5) is 0 Å². The van der Waals surface area contributed by atoms with Crippen LogP contribution in [0.3, 0.4) is 0 Å². The second-order valence-electron chi connectivity index (χ2n) is 5.17. The molecule has 0 spiro atoms. The van der Waals surface area contributed by atoms with Crippen LogP contribution in [-0.4, -0.2) is 38.3 Å². The van der Waals surface area contributed by atoms with Gasteiger partial charge < -0.3 is 4.42 Å². The van der Waals surface area contributed by atoms with Crippen molar-refractivity contribution in [1.29, 1.82) is 0 Å². The Morgan fingerprint density at radius 3 is 2.57 bits per heavy atom. The molecule has 0 atom stereocenters. The van der Waals surface area contributed by atoms with Crippen molar-refractivity contribution in [2.45, 2.75) is 18.2 Å². The maximum Gasteiger partial charge on any atom is 0.275 e. The average molecular weight is 375 g/mol. The van der Waals surface area contributed by atoms with Crippen LogP contribution in [0, 0.1) is 0 Å². The van der Waals surface area contributed by atoms with Gasteiger partial charge >= 0.3 is 0 Å². The predicted octanol–water partition coefficient (Wildman–Crippen LogP) is 3.43. The van der Waals surface area contributed by atoms with E-state index < -0.39 is 10.0 Å². The Balaban J connectivity index is 2.11. The lowest BCUT2D eigenvalue weighted by Gasteiger charge is -2.18. The van der Waals surface area contributed by atoms with Crippen molar-refractivity contribution in [3.05, 3.63) is 51.9 Å². The predicted molar refractivity (Wildman–Crippen MR) is 93.2 cm³/mol. The van der Waals surface area contributed by atoms with Crippen LogP contribution in [0.25, 0.3) is 0 Å². The molecule has 126 valence electrons. The van der Waals surface area contributed by atoms with E-state index in [9.17, 15) is 8.42 Å². The Bertz CT molecular complexity index is 765. The van der Waals surface area contributed by atoms with Gasteiger partial charge in [0.1, 0.15) is 5.76 Å². The molecule has 0 saturated heterocycles. The van der Waals surface area contributed by atoms with Gasteiger partial charge in [0.05, 0.1) is 10.9 Å². The molecule has 0 aromatic carbocycles. The van der Waals surface area contributed by atoms with Crippen LogP contribution in [0.5, 0.6) is 0 Å². The summed E-state index contributed by atoms with van der Waals surface area (Å²) in [5.74, 6) is 0.593. The van der Waals surface area contributed by atoms with Crippen molar-refractivity contribution in [3.8, 4) is 0 Å². The van der Waals surface area contributed by atoms with E-state index in [-0.39, 0.29) is 5.09 Å². The third kappa shape index (κ3) is 4.68. The van der Waals surface area contributed by atoms with Crippen LogP contribution in [0.2, 0.25) is 4.34 Å². The van der Waals surface area contributed by atoms with Crippen LogP contribution in [0.15, 0.2) is 46.4 Å². The molecule has 2 aromatic rings. The van der Waals surface area contributed by atoms with Gasteiger partial charge in [-0.1, -0.05) is 17.7 Å². The zero-order chi connectivity index (χ0) is 17.0. The van der Waals surface area contributed by atoms with Crippen molar-refractivity contribution in [3.63, 3.8) is 0 Å². The summed E-state index contributed by atoms with van der Waals surface area (Å²) in [7, 11) is -0.599. The molecule has 5 nitrogen and oxygen atoms in total. The summed E-state index contributed by atoms with van der Waals surface area (Å²) < 4.78 is 31.5. The molecule has 0 radical (unpaired) electrons. The standard InChI is InChI=1S/C15H19ClN2O3S2/c1-4-9-18(11-13-6-7-14(16)22-13)10-12-5-8-15(21-12)23(19,20)17(2)3/h4-8H,1,9-11H2,2-3H3. The maximum atomic E-state index is 12.0. The second kappa shape index (κ2) is 7.63. The molecule has 0 fully saturated rings. The van der Waals surface area contributed by atoms with E-state index in [1.807, 2.05) is 12.1 Å². The molecular weight excluding hydrogens is 356 g/mol. The first-order valence-electron chi connectivity index (χ1n) is 6.91. The summed E-state index contributed by atoms with van der Waals surface area (Å²) in [5, 5.41) is -0.0461. The number of halogens is 1. The van der Waals surface area contributed by atoms with Gasteiger partial charge in [-0.2, -0.15) is 0 Å². The van der Waals surface area contributed by atoms with Gasteiger partial charge in [-0.15, -0.1) is 17.9 Å².